The van der Waals surface area contributed by atoms with Gasteiger partial charge in [0.25, 0.3) is 0 Å². The van der Waals surface area contributed by atoms with Crippen molar-refractivity contribution in [2.24, 2.45) is 5.92 Å². The fourth-order valence-electron chi connectivity index (χ4n) is 1.77. The molecule has 1 aromatic rings. The van der Waals surface area contributed by atoms with E-state index in [1.807, 2.05) is 0 Å². The molecule has 0 spiro atoms. The van der Waals surface area contributed by atoms with Crippen LogP contribution in [0, 0.1) is 19.8 Å². The van der Waals surface area contributed by atoms with Gasteiger partial charge >= 0.3 is 0 Å². The van der Waals surface area contributed by atoms with Gasteiger partial charge in [0, 0.05) is 0 Å². The Morgan fingerprint density at radius 2 is 1.21 bits per heavy atom. The summed E-state index contributed by atoms with van der Waals surface area (Å²) >= 11 is 0. The molecule has 0 aromatic heterocycles. The second kappa shape index (κ2) is 5.85. The van der Waals surface area contributed by atoms with Crippen LogP contribution in [-0.4, -0.2) is 0 Å². The zero-order chi connectivity index (χ0) is 10.4. The van der Waals surface area contributed by atoms with Crippen LogP contribution < -0.4 is 0 Å². The maximum Gasteiger partial charge on any atom is -0.0398 e. The van der Waals surface area contributed by atoms with Gasteiger partial charge < -0.3 is 0 Å². The highest BCUT2D eigenvalue weighted by Gasteiger charge is 2.07. The zero-order valence-electron chi connectivity index (χ0n) is 9.72. The van der Waals surface area contributed by atoms with Crippen molar-refractivity contribution in [2.75, 3.05) is 0 Å². The van der Waals surface area contributed by atoms with Crippen LogP contribution in [-0.2, 0) is 0 Å². The van der Waals surface area contributed by atoms with Crippen molar-refractivity contribution in [1.82, 2.24) is 0 Å². The van der Waals surface area contributed by atoms with Gasteiger partial charge in [0.15, 0.2) is 0 Å². The summed E-state index contributed by atoms with van der Waals surface area (Å²) < 4.78 is 0. The van der Waals surface area contributed by atoms with Gasteiger partial charge in [-0.05, 0) is 19.8 Å². The van der Waals surface area contributed by atoms with E-state index in [0.717, 1.165) is 5.92 Å². The molecule has 1 aliphatic carbocycles. The Balaban J connectivity index is 0.000000146. The largest absolute Gasteiger partial charge is 0.0625 e. The van der Waals surface area contributed by atoms with Gasteiger partial charge in [0.2, 0.25) is 0 Å². The molecule has 0 unspecified atom stereocenters. The van der Waals surface area contributed by atoms with Crippen molar-refractivity contribution in [3.05, 3.63) is 35.4 Å². The first-order valence-electron chi connectivity index (χ1n) is 5.72. The lowest BCUT2D eigenvalue weighted by Gasteiger charge is -1.91. The molecule has 78 valence electrons. The van der Waals surface area contributed by atoms with E-state index in [1.165, 1.54) is 36.8 Å². The van der Waals surface area contributed by atoms with Crippen molar-refractivity contribution in [3.63, 3.8) is 0 Å². The molecule has 0 nitrogen and oxygen atoms in total. The van der Waals surface area contributed by atoms with E-state index in [0.29, 0.717) is 0 Å². The van der Waals surface area contributed by atoms with Crippen molar-refractivity contribution in [1.29, 1.82) is 0 Å². The molecule has 0 amide bonds. The van der Waals surface area contributed by atoms with E-state index >= 15 is 0 Å². The normalized spacial score (nSPS) is 16.2. The van der Waals surface area contributed by atoms with Crippen LogP contribution in [0.3, 0.4) is 0 Å². The van der Waals surface area contributed by atoms with Crippen LogP contribution in [0.25, 0.3) is 0 Å². The summed E-state index contributed by atoms with van der Waals surface area (Å²) in [5, 5.41) is 0. The minimum absolute atomic E-state index is 1.05. The summed E-state index contributed by atoms with van der Waals surface area (Å²) in [5.74, 6) is 1.05. The predicted molar refractivity (Wildman–Crippen MR) is 63.5 cm³/mol. The second-order valence-electron chi connectivity index (χ2n) is 4.54. The number of hydrogen-bond acceptors (Lipinski definition) is 0. The molecule has 0 heteroatoms. The fourth-order valence-corrected chi connectivity index (χ4v) is 1.77. The first-order chi connectivity index (χ1) is 6.68. The summed E-state index contributed by atoms with van der Waals surface area (Å²) in [6.07, 6.45) is 5.95. The van der Waals surface area contributed by atoms with Gasteiger partial charge in [-0.2, -0.15) is 0 Å². The highest BCUT2D eigenvalue weighted by molar-refractivity contribution is 5.19. The van der Waals surface area contributed by atoms with Gasteiger partial charge in [-0.25, -0.2) is 0 Å². The summed E-state index contributed by atoms with van der Waals surface area (Å²) in [5.41, 5.74) is 2.66. The van der Waals surface area contributed by atoms with Crippen LogP contribution in [0.2, 0.25) is 0 Å². The van der Waals surface area contributed by atoms with E-state index in [2.05, 4.69) is 45.0 Å². The maximum absolute atomic E-state index is 2.34. The van der Waals surface area contributed by atoms with Crippen LogP contribution in [0.15, 0.2) is 24.3 Å². The SMILES string of the molecule is CC1CCCC1.Cc1ccc(C)cc1. The molecule has 2 rings (SSSR count). The van der Waals surface area contributed by atoms with Crippen LogP contribution in [0.4, 0.5) is 0 Å². The van der Waals surface area contributed by atoms with E-state index in [-0.39, 0.29) is 0 Å². The van der Waals surface area contributed by atoms with Gasteiger partial charge in [0.05, 0.1) is 0 Å². The quantitative estimate of drug-likeness (QED) is 0.565. The Kier molecular flexibility index (Phi) is 4.72. The number of rotatable bonds is 0. The minimum Gasteiger partial charge on any atom is -0.0625 e. The topological polar surface area (TPSA) is 0 Å². The molecular weight excluding hydrogens is 168 g/mol. The molecule has 0 aliphatic heterocycles. The van der Waals surface area contributed by atoms with Crippen molar-refractivity contribution < 1.29 is 0 Å². The van der Waals surface area contributed by atoms with E-state index in [4.69, 9.17) is 0 Å². The summed E-state index contributed by atoms with van der Waals surface area (Å²) in [7, 11) is 0. The molecule has 1 aliphatic rings. The smallest absolute Gasteiger partial charge is 0.0398 e. The third-order valence-corrected chi connectivity index (χ3v) is 2.86. The Hall–Kier alpha value is -0.780. The molecule has 0 bridgehead atoms. The monoisotopic (exact) mass is 190 g/mol. The minimum atomic E-state index is 1.05. The lowest BCUT2D eigenvalue weighted by Crippen LogP contribution is -1.78. The average Bonchev–Trinajstić information content (AvgIpc) is 2.63. The second-order valence-corrected chi connectivity index (χ2v) is 4.54. The van der Waals surface area contributed by atoms with Crippen molar-refractivity contribution >= 4 is 0 Å². The highest BCUT2D eigenvalue weighted by atomic mass is 14.1. The molecular formula is C14H22. The molecule has 0 atom stereocenters. The Bertz CT molecular complexity index is 218. The lowest BCUT2D eigenvalue weighted by atomic mass is 10.2. The first-order valence-corrected chi connectivity index (χ1v) is 5.72. The van der Waals surface area contributed by atoms with E-state index in [1.54, 1.807) is 0 Å². The molecule has 0 saturated heterocycles. The Labute approximate surface area is 88.4 Å². The van der Waals surface area contributed by atoms with E-state index in [9.17, 15) is 0 Å². The third kappa shape index (κ3) is 4.45. The van der Waals surface area contributed by atoms with Crippen molar-refractivity contribution in [2.45, 2.75) is 46.5 Å². The number of hydrogen-bond donors (Lipinski definition) is 0. The molecule has 0 radical (unpaired) electrons. The molecule has 1 saturated carbocycles. The van der Waals surface area contributed by atoms with Gasteiger partial charge in [-0.1, -0.05) is 68.0 Å². The summed E-state index contributed by atoms with van der Waals surface area (Å²) in [6.45, 7) is 6.53. The standard InChI is InChI=1S/C8H10.C6H12/c1-7-3-5-8(2)6-4-7;1-6-4-2-3-5-6/h3-6H,1-2H3;6H,2-5H2,1H3. The fraction of sp³-hybridized carbons (Fsp3) is 0.571. The Morgan fingerprint density at radius 1 is 0.857 bits per heavy atom. The Morgan fingerprint density at radius 3 is 1.43 bits per heavy atom. The highest BCUT2D eigenvalue weighted by Crippen LogP contribution is 2.22. The molecule has 1 fully saturated rings. The molecule has 14 heavy (non-hydrogen) atoms. The summed E-state index contributed by atoms with van der Waals surface area (Å²) in [6, 6.07) is 8.48. The summed E-state index contributed by atoms with van der Waals surface area (Å²) in [4.78, 5) is 0. The predicted octanol–water partition coefficient (Wildman–Crippen LogP) is 4.50. The van der Waals surface area contributed by atoms with Gasteiger partial charge in [-0.3, -0.25) is 0 Å². The van der Waals surface area contributed by atoms with Crippen LogP contribution in [0.5, 0.6) is 0 Å². The van der Waals surface area contributed by atoms with Gasteiger partial charge in [0.1, 0.15) is 0 Å². The molecule has 1 aromatic carbocycles. The van der Waals surface area contributed by atoms with Gasteiger partial charge in [-0.15, -0.1) is 0 Å². The zero-order valence-corrected chi connectivity index (χ0v) is 9.72. The van der Waals surface area contributed by atoms with Crippen molar-refractivity contribution in [3.8, 4) is 0 Å². The molecule has 0 heterocycles. The van der Waals surface area contributed by atoms with Crippen LogP contribution >= 0.6 is 0 Å². The average molecular weight is 190 g/mol. The maximum atomic E-state index is 2.34. The van der Waals surface area contributed by atoms with E-state index < -0.39 is 0 Å². The number of benzene rings is 1. The van der Waals surface area contributed by atoms with Crippen LogP contribution in [0.1, 0.15) is 43.7 Å². The lowest BCUT2D eigenvalue weighted by molar-refractivity contribution is 0.612. The molecule has 0 N–H and O–H groups in total. The first kappa shape index (κ1) is 11.3. The number of aryl methyl sites for hydroxylation is 2. The third-order valence-electron chi connectivity index (χ3n) is 2.86.